The van der Waals surface area contributed by atoms with Crippen LogP contribution in [0.5, 0.6) is 0 Å². The number of benzene rings is 2. The minimum absolute atomic E-state index is 0.278. The number of hydrogen-bond acceptors (Lipinski definition) is 4. The van der Waals surface area contributed by atoms with E-state index in [9.17, 15) is 13.2 Å². The third-order valence-electron chi connectivity index (χ3n) is 4.37. The highest BCUT2D eigenvalue weighted by molar-refractivity contribution is 7.92. The van der Waals surface area contributed by atoms with Crippen LogP contribution in [-0.4, -0.2) is 38.7 Å². The quantitative estimate of drug-likeness (QED) is 0.593. The highest BCUT2D eigenvalue weighted by Gasteiger charge is 2.22. The SMILES string of the molecule is CS(=O)(=O)N(CC(=O)NCCCc1ccccc1)c1cccc2cccnc12. The van der Waals surface area contributed by atoms with Crippen LogP contribution in [0, 0.1) is 0 Å². The summed E-state index contributed by atoms with van der Waals surface area (Å²) < 4.78 is 25.8. The van der Waals surface area contributed by atoms with Gasteiger partial charge in [-0.1, -0.05) is 48.5 Å². The van der Waals surface area contributed by atoms with Gasteiger partial charge in [0.2, 0.25) is 15.9 Å². The molecule has 0 aliphatic heterocycles. The minimum atomic E-state index is -3.65. The fourth-order valence-electron chi connectivity index (χ4n) is 3.02. The molecule has 3 aromatic rings. The summed E-state index contributed by atoms with van der Waals surface area (Å²) in [7, 11) is -3.65. The van der Waals surface area contributed by atoms with Crippen molar-refractivity contribution in [1.82, 2.24) is 10.3 Å². The lowest BCUT2D eigenvalue weighted by Crippen LogP contribution is -2.40. The number of carbonyl (C=O) groups is 1. The lowest BCUT2D eigenvalue weighted by atomic mass is 10.1. The monoisotopic (exact) mass is 397 g/mol. The first-order valence-electron chi connectivity index (χ1n) is 9.07. The number of anilines is 1. The second-order valence-electron chi connectivity index (χ2n) is 6.56. The summed E-state index contributed by atoms with van der Waals surface area (Å²) in [6, 6.07) is 18.9. The van der Waals surface area contributed by atoms with Gasteiger partial charge in [0.15, 0.2) is 0 Å². The molecule has 146 valence electrons. The van der Waals surface area contributed by atoms with E-state index >= 15 is 0 Å². The van der Waals surface area contributed by atoms with E-state index in [-0.39, 0.29) is 12.5 Å². The molecule has 2 aromatic carbocycles. The fraction of sp³-hybridized carbons (Fsp3) is 0.238. The predicted octanol–water partition coefficient (Wildman–Crippen LogP) is 2.75. The molecule has 0 saturated heterocycles. The van der Waals surface area contributed by atoms with Crippen LogP contribution in [-0.2, 0) is 21.2 Å². The molecule has 0 unspecified atom stereocenters. The molecule has 28 heavy (non-hydrogen) atoms. The maximum absolute atomic E-state index is 12.4. The molecule has 0 saturated carbocycles. The van der Waals surface area contributed by atoms with Crippen molar-refractivity contribution in [2.75, 3.05) is 23.7 Å². The Morgan fingerprint density at radius 1 is 1.04 bits per heavy atom. The van der Waals surface area contributed by atoms with Crippen LogP contribution in [0.2, 0.25) is 0 Å². The van der Waals surface area contributed by atoms with Gasteiger partial charge in [-0.25, -0.2) is 8.42 Å². The van der Waals surface area contributed by atoms with Gasteiger partial charge >= 0.3 is 0 Å². The van der Waals surface area contributed by atoms with E-state index in [0.29, 0.717) is 17.7 Å². The molecular weight excluding hydrogens is 374 g/mol. The number of carbonyl (C=O) groups excluding carboxylic acids is 1. The van der Waals surface area contributed by atoms with Crippen LogP contribution in [0.3, 0.4) is 0 Å². The van der Waals surface area contributed by atoms with Crippen molar-refractivity contribution in [2.24, 2.45) is 0 Å². The van der Waals surface area contributed by atoms with Crippen molar-refractivity contribution in [1.29, 1.82) is 0 Å². The largest absolute Gasteiger partial charge is 0.355 e. The van der Waals surface area contributed by atoms with Gasteiger partial charge in [0.05, 0.1) is 17.5 Å². The minimum Gasteiger partial charge on any atom is -0.355 e. The average Bonchev–Trinajstić information content (AvgIpc) is 2.69. The van der Waals surface area contributed by atoms with Crippen molar-refractivity contribution in [3.05, 3.63) is 72.4 Å². The van der Waals surface area contributed by atoms with Crippen LogP contribution in [0.4, 0.5) is 5.69 Å². The number of pyridine rings is 1. The Balaban J connectivity index is 1.67. The van der Waals surface area contributed by atoms with Crippen LogP contribution in [0.15, 0.2) is 66.9 Å². The van der Waals surface area contributed by atoms with Crippen LogP contribution >= 0.6 is 0 Å². The highest BCUT2D eigenvalue weighted by atomic mass is 32.2. The highest BCUT2D eigenvalue weighted by Crippen LogP contribution is 2.26. The molecule has 7 heteroatoms. The van der Waals surface area contributed by atoms with Crippen molar-refractivity contribution in [2.45, 2.75) is 12.8 Å². The Morgan fingerprint density at radius 3 is 2.54 bits per heavy atom. The molecule has 0 fully saturated rings. The number of fused-ring (bicyclic) bond motifs is 1. The summed E-state index contributed by atoms with van der Waals surface area (Å²) in [6.45, 7) is 0.207. The van der Waals surface area contributed by atoms with E-state index in [1.54, 1.807) is 24.4 Å². The smallest absolute Gasteiger partial charge is 0.240 e. The number of nitrogens with one attached hydrogen (secondary N) is 1. The molecule has 1 amide bonds. The van der Waals surface area contributed by atoms with Gasteiger partial charge in [-0.3, -0.25) is 14.1 Å². The Bertz CT molecular complexity index is 1050. The van der Waals surface area contributed by atoms with E-state index in [1.807, 2.05) is 42.5 Å². The maximum atomic E-state index is 12.4. The molecule has 1 heterocycles. The third-order valence-corrected chi connectivity index (χ3v) is 5.50. The summed E-state index contributed by atoms with van der Waals surface area (Å²) in [5, 5.41) is 3.62. The first-order chi connectivity index (χ1) is 13.4. The second kappa shape index (κ2) is 8.84. The predicted molar refractivity (Wildman–Crippen MR) is 112 cm³/mol. The summed E-state index contributed by atoms with van der Waals surface area (Å²) in [4.78, 5) is 16.7. The second-order valence-corrected chi connectivity index (χ2v) is 8.47. The van der Waals surface area contributed by atoms with Gasteiger partial charge in [-0.2, -0.15) is 0 Å². The molecule has 0 aliphatic carbocycles. The van der Waals surface area contributed by atoms with E-state index in [1.165, 1.54) is 5.56 Å². The lowest BCUT2D eigenvalue weighted by Gasteiger charge is -2.22. The van der Waals surface area contributed by atoms with Gasteiger partial charge in [-0.05, 0) is 30.5 Å². The molecule has 0 spiro atoms. The van der Waals surface area contributed by atoms with Gasteiger partial charge in [-0.15, -0.1) is 0 Å². The zero-order chi connectivity index (χ0) is 20.0. The van der Waals surface area contributed by atoms with Crippen molar-refractivity contribution in [3.8, 4) is 0 Å². The van der Waals surface area contributed by atoms with E-state index in [4.69, 9.17) is 0 Å². The normalized spacial score (nSPS) is 11.3. The molecule has 0 radical (unpaired) electrons. The third kappa shape index (κ3) is 5.07. The number of hydrogen-bond donors (Lipinski definition) is 1. The van der Waals surface area contributed by atoms with Crippen molar-refractivity contribution < 1.29 is 13.2 Å². The van der Waals surface area contributed by atoms with Gasteiger partial charge in [0, 0.05) is 18.1 Å². The van der Waals surface area contributed by atoms with Crippen LogP contribution in [0.1, 0.15) is 12.0 Å². The van der Waals surface area contributed by atoms with Gasteiger partial charge < -0.3 is 5.32 Å². The number of amides is 1. The summed E-state index contributed by atoms with van der Waals surface area (Å²) in [5.74, 6) is -0.341. The van der Waals surface area contributed by atoms with Crippen LogP contribution in [0.25, 0.3) is 10.9 Å². The number of sulfonamides is 1. The molecule has 6 nitrogen and oxygen atoms in total. The zero-order valence-corrected chi connectivity index (χ0v) is 16.5. The first-order valence-corrected chi connectivity index (χ1v) is 10.9. The molecular formula is C21H23N3O3S. The average molecular weight is 398 g/mol. The number of aromatic nitrogens is 1. The summed E-state index contributed by atoms with van der Waals surface area (Å²) in [6.07, 6.45) is 4.34. The molecule has 3 rings (SSSR count). The summed E-state index contributed by atoms with van der Waals surface area (Å²) >= 11 is 0. The number of para-hydroxylation sites is 1. The molecule has 0 bridgehead atoms. The number of rotatable bonds is 8. The Morgan fingerprint density at radius 2 is 1.79 bits per heavy atom. The van der Waals surface area contributed by atoms with Crippen LogP contribution < -0.4 is 9.62 Å². The standard InChI is InChI=1S/C21H23N3O3S/c1-28(26,27)24(19-13-5-11-18-12-7-15-23-21(18)19)16-20(25)22-14-6-10-17-8-3-2-4-9-17/h2-5,7-9,11-13,15H,6,10,14,16H2,1H3,(H,22,25). The lowest BCUT2D eigenvalue weighted by molar-refractivity contribution is -0.119. The van der Waals surface area contributed by atoms with Gasteiger partial charge in [0.25, 0.3) is 0 Å². The fourth-order valence-corrected chi connectivity index (χ4v) is 3.88. The zero-order valence-electron chi connectivity index (χ0n) is 15.7. The van der Waals surface area contributed by atoms with Crippen molar-refractivity contribution >= 4 is 32.5 Å². The summed E-state index contributed by atoms with van der Waals surface area (Å²) in [5.41, 5.74) is 2.16. The van der Waals surface area contributed by atoms with E-state index in [0.717, 1.165) is 28.8 Å². The van der Waals surface area contributed by atoms with E-state index < -0.39 is 10.0 Å². The Kier molecular flexibility index (Phi) is 6.26. The Labute approximate surface area is 165 Å². The molecule has 0 aliphatic rings. The number of nitrogens with zero attached hydrogens (tertiary/aromatic N) is 2. The molecule has 1 aromatic heterocycles. The molecule has 1 N–H and O–H groups in total. The van der Waals surface area contributed by atoms with Gasteiger partial charge in [0.1, 0.15) is 6.54 Å². The maximum Gasteiger partial charge on any atom is 0.240 e. The topological polar surface area (TPSA) is 79.4 Å². The number of aryl methyl sites for hydroxylation is 1. The Hall–Kier alpha value is -2.93. The first kappa shape index (κ1) is 19.8. The molecule has 0 atom stereocenters. The van der Waals surface area contributed by atoms with Crippen molar-refractivity contribution in [3.63, 3.8) is 0 Å². The van der Waals surface area contributed by atoms with E-state index in [2.05, 4.69) is 10.3 Å².